The van der Waals surface area contributed by atoms with Gasteiger partial charge in [0.15, 0.2) is 0 Å². The normalized spacial score (nSPS) is 14.4. The summed E-state index contributed by atoms with van der Waals surface area (Å²) in [4.78, 5) is 6.67. The lowest BCUT2D eigenvalue weighted by atomic mass is 10.2. The van der Waals surface area contributed by atoms with Crippen LogP contribution in [0.15, 0.2) is 17.4 Å². The summed E-state index contributed by atoms with van der Waals surface area (Å²) >= 11 is 5.79. The van der Waals surface area contributed by atoms with Crippen molar-refractivity contribution in [2.45, 2.75) is 6.54 Å². The number of hydrogen-bond donors (Lipinski definition) is 2. The number of hydrogen-bond acceptors (Lipinski definition) is 4. The van der Waals surface area contributed by atoms with Crippen LogP contribution < -0.4 is 11.1 Å². The first-order chi connectivity index (χ1) is 8.20. The van der Waals surface area contributed by atoms with Gasteiger partial charge in [0.25, 0.3) is 0 Å². The molecule has 8 heteroatoms. The molecule has 1 aromatic rings. The van der Waals surface area contributed by atoms with Gasteiger partial charge in [0.05, 0.1) is 25.3 Å². The van der Waals surface area contributed by atoms with Gasteiger partial charge in [0.2, 0.25) is 0 Å². The first-order valence-corrected chi connectivity index (χ1v) is 5.39. The van der Waals surface area contributed by atoms with Gasteiger partial charge in [-0.25, -0.2) is 4.98 Å². The van der Waals surface area contributed by atoms with Gasteiger partial charge in [-0.1, -0.05) is 16.7 Å². The van der Waals surface area contributed by atoms with Crippen LogP contribution in [0.3, 0.4) is 0 Å². The summed E-state index contributed by atoms with van der Waals surface area (Å²) in [7, 11) is 0. The van der Waals surface area contributed by atoms with E-state index in [4.69, 9.17) is 22.9 Å². The van der Waals surface area contributed by atoms with Crippen molar-refractivity contribution in [1.29, 1.82) is 0 Å². The van der Waals surface area contributed by atoms with E-state index in [1.807, 2.05) is 4.58 Å². The van der Waals surface area contributed by atoms with Gasteiger partial charge in [0, 0.05) is 16.7 Å². The predicted molar refractivity (Wildman–Crippen MR) is 64.1 cm³/mol. The summed E-state index contributed by atoms with van der Waals surface area (Å²) in [5, 5.41) is 6.70. The molecule has 88 valence electrons. The number of pyridine rings is 1. The Morgan fingerprint density at radius 2 is 2.53 bits per heavy atom. The van der Waals surface area contributed by atoms with E-state index in [-0.39, 0.29) is 5.15 Å². The van der Waals surface area contributed by atoms with E-state index >= 15 is 0 Å². The van der Waals surface area contributed by atoms with Crippen LogP contribution in [-0.4, -0.2) is 28.6 Å². The van der Waals surface area contributed by atoms with E-state index in [1.165, 1.54) is 0 Å². The zero-order valence-electron chi connectivity index (χ0n) is 8.97. The molecule has 3 N–H and O–H groups in total. The molecule has 0 saturated heterocycles. The average molecular weight is 253 g/mol. The van der Waals surface area contributed by atoms with Crippen LogP contribution in [-0.2, 0) is 6.54 Å². The summed E-state index contributed by atoms with van der Waals surface area (Å²) in [5.74, 6) is 0.644. The molecular formula is C9H11ClN7+. The van der Waals surface area contributed by atoms with Crippen LogP contribution in [0.5, 0.6) is 0 Å². The van der Waals surface area contributed by atoms with Gasteiger partial charge in [0.1, 0.15) is 5.15 Å². The maximum atomic E-state index is 8.39. The Kier molecular flexibility index (Phi) is 3.32. The van der Waals surface area contributed by atoms with Gasteiger partial charge < -0.3 is 0 Å². The van der Waals surface area contributed by atoms with Crippen molar-refractivity contribution < 1.29 is 4.58 Å². The minimum absolute atomic E-state index is 0.197. The quantitative estimate of drug-likeness (QED) is 0.277. The lowest BCUT2D eigenvalue weighted by molar-refractivity contribution is -0.535. The van der Waals surface area contributed by atoms with Crippen LogP contribution in [0, 0.1) is 0 Å². The van der Waals surface area contributed by atoms with Gasteiger partial charge >= 0.3 is 5.96 Å². The zero-order valence-corrected chi connectivity index (χ0v) is 9.72. The monoisotopic (exact) mass is 252 g/mol. The molecule has 0 bridgehead atoms. The molecule has 0 aromatic carbocycles. The van der Waals surface area contributed by atoms with E-state index in [1.54, 1.807) is 12.3 Å². The molecule has 0 atom stereocenters. The van der Waals surface area contributed by atoms with E-state index in [0.717, 1.165) is 18.7 Å². The van der Waals surface area contributed by atoms with Crippen molar-refractivity contribution in [2.24, 2.45) is 10.8 Å². The minimum atomic E-state index is 0.197. The second kappa shape index (κ2) is 4.90. The zero-order chi connectivity index (χ0) is 12.3. The third-order valence-electron chi connectivity index (χ3n) is 2.43. The second-order valence-electron chi connectivity index (χ2n) is 3.58. The smallest absolute Gasteiger partial charge is 0.291 e. The van der Waals surface area contributed by atoms with Crippen LogP contribution in [0.4, 0.5) is 5.69 Å². The first-order valence-electron chi connectivity index (χ1n) is 5.01. The average Bonchev–Trinajstić information content (AvgIpc) is 2.70. The Balaban J connectivity index is 2.25. The highest BCUT2D eigenvalue weighted by molar-refractivity contribution is 6.31. The molecule has 0 radical (unpaired) electrons. The third-order valence-corrected chi connectivity index (χ3v) is 2.72. The van der Waals surface area contributed by atoms with Crippen LogP contribution in [0.1, 0.15) is 5.56 Å². The molecule has 0 saturated carbocycles. The number of aromatic nitrogens is 1. The number of halogens is 1. The second-order valence-corrected chi connectivity index (χ2v) is 3.93. The molecule has 0 amide bonds. The van der Waals surface area contributed by atoms with Crippen molar-refractivity contribution in [3.63, 3.8) is 0 Å². The molecule has 1 aliphatic rings. The lowest BCUT2D eigenvalue weighted by Crippen LogP contribution is -2.31. The van der Waals surface area contributed by atoms with Crippen molar-refractivity contribution in [3.8, 4) is 0 Å². The Hall–Kier alpha value is -1.98. The highest BCUT2D eigenvalue weighted by Crippen LogP contribution is 2.23. The number of nitrogens with two attached hydrogens (primary N) is 1. The molecule has 1 aromatic heterocycles. The largest absolute Gasteiger partial charge is 0.343 e. The molecular weight excluding hydrogens is 242 g/mol. The SMILES string of the molecule is [N-]=[N+]=Nc1cc(C[N+]2=C(N)NCC2)cnc1Cl. The van der Waals surface area contributed by atoms with Crippen LogP contribution in [0.25, 0.3) is 10.4 Å². The van der Waals surface area contributed by atoms with E-state index in [0.29, 0.717) is 18.2 Å². The Morgan fingerprint density at radius 3 is 3.18 bits per heavy atom. The first kappa shape index (κ1) is 11.5. The number of guanidine groups is 1. The van der Waals surface area contributed by atoms with Gasteiger partial charge in [-0.2, -0.15) is 0 Å². The fourth-order valence-corrected chi connectivity index (χ4v) is 1.76. The summed E-state index contributed by atoms with van der Waals surface area (Å²) in [6.07, 6.45) is 1.64. The molecule has 0 fully saturated rings. The number of nitrogens with zero attached hydrogens (tertiary/aromatic N) is 5. The highest BCUT2D eigenvalue weighted by atomic mass is 35.5. The van der Waals surface area contributed by atoms with Crippen molar-refractivity contribution in [1.82, 2.24) is 10.3 Å². The molecule has 2 heterocycles. The lowest BCUT2D eigenvalue weighted by Gasteiger charge is -2.04. The summed E-state index contributed by atoms with van der Waals surface area (Å²) in [6, 6.07) is 1.71. The molecule has 2 rings (SSSR count). The fraction of sp³-hybridized carbons (Fsp3) is 0.333. The Bertz CT molecular complexity index is 518. The van der Waals surface area contributed by atoms with E-state index < -0.39 is 0 Å². The number of nitrogens with one attached hydrogen (secondary N) is 1. The molecule has 7 nitrogen and oxygen atoms in total. The van der Waals surface area contributed by atoms with Crippen LogP contribution in [0.2, 0.25) is 5.15 Å². The van der Waals surface area contributed by atoms with Crippen molar-refractivity contribution in [2.75, 3.05) is 13.1 Å². The third kappa shape index (κ3) is 2.58. The number of azide groups is 1. The fourth-order valence-electron chi connectivity index (χ4n) is 1.62. The molecule has 17 heavy (non-hydrogen) atoms. The maximum absolute atomic E-state index is 8.39. The molecule has 0 spiro atoms. The van der Waals surface area contributed by atoms with Gasteiger partial charge in [-0.15, -0.1) is 0 Å². The Morgan fingerprint density at radius 1 is 1.71 bits per heavy atom. The highest BCUT2D eigenvalue weighted by Gasteiger charge is 2.16. The molecule has 0 aliphatic carbocycles. The van der Waals surface area contributed by atoms with E-state index in [2.05, 4.69) is 20.3 Å². The predicted octanol–water partition coefficient (Wildman–Crippen LogP) is 1.11. The maximum Gasteiger partial charge on any atom is 0.343 e. The van der Waals surface area contributed by atoms with Crippen molar-refractivity contribution >= 4 is 23.2 Å². The summed E-state index contributed by atoms with van der Waals surface area (Å²) < 4.78 is 1.98. The summed E-state index contributed by atoms with van der Waals surface area (Å²) in [5.41, 5.74) is 15.4. The minimum Gasteiger partial charge on any atom is -0.291 e. The van der Waals surface area contributed by atoms with Crippen LogP contribution >= 0.6 is 11.6 Å². The Labute approximate surface area is 103 Å². The topological polar surface area (TPSA) is 103 Å². The van der Waals surface area contributed by atoms with E-state index in [9.17, 15) is 0 Å². The molecule has 1 aliphatic heterocycles. The van der Waals surface area contributed by atoms with Gasteiger partial charge in [-0.3, -0.25) is 15.6 Å². The van der Waals surface area contributed by atoms with Crippen molar-refractivity contribution in [3.05, 3.63) is 33.4 Å². The molecule has 0 unspecified atom stereocenters. The van der Waals surface area contributed by atoms with Gasteiger partial charge in [-0.05, 0) is 11.6 Å². The standard InChI is InChI=1S/C9H10ClN7/c10-8-7(15-16-12)3-6(4-14-8)5-17-2-1-13-9(17)11/h3-4H,1-2,5H2,(H2,11,13)/p+1. The number of rotatable bonds is 3. The summed E-state index contributed by atoms with van der Waals surface area (Å²) in [6.45, 7) is 2.28.